The normalized spacial score (nSPS) is 12.2. The molecular formula is C16H16BrF2NO. The minimum atomic E-state index is -0.860. The molecule has 0 aliphatic rings. The molecule has 21 heavy (non-hydrogen) atoms. The van der Waals surface area contributed by atoms with Crippen LogP contribution in [0.1, 0.15) is 24.1 Å². The summed E-state index contributed by atoms with van der Waals surface area (Å²) in [5.74, 6) is -1.00. The number of rotatable bonds is 5. The summed E-state index contributed by atoms with van der Waals surface area (Å²) in [5.41, 5.74) is 1.50. The van der Waals surface area contributed by atoms with Gasteiger partial charge < -0.3 is 10.1 Å². The summed E-state index contributed by atoms with van der Waals surface area (Å²) in [7, 11) is 1.77. The molecule has 0 aliphatic carbocycles. The van der Waals surface area contributed by atoms with Crippen molar-refractivity contribution in [3.8, 4) is 5.75 Å². The highest BCUT2D eigenvalue weighted by molar-refractivity contribution is 9.10. The highest BCUT2D eigenvalue weighted by atomic mass is 79.9. The van der Waals surface area contributed by atoms with Gasteiger partial charge in [0.2, 0.25) is 0 Å². The second-order valence-corrected chi connectivity index (χ2v) is 5.43. The quantitative estimate of drug-likeness (QED) is 0.856. The lowest BCUT2D eigenvalue weighted by atomic mass is 9.98. The van der Waals surface area contributed by atoms with E-state index in [2.05, 4.69) is 21.2 Å². The number of hydrogen-bond donors (Lipinski definition) is 1. The van der Waals surface area contributed by atoms with E-state index in [0.717, 1.165) is 16.1 Å². The molecule has 2 aromatic carbocycles. The Labute approximate surface area is 131 Å². The van der Waals surface area contributed by atoms with Gasteiger partial charge in [0.1, 0.15) is 5.75 Å². The Morgan fingerprint density at radius 2 is 1.90 bits per heavy atom. The molecule has 2 aromatic rings. The maximum absolute atomic E-state index is 13.5. The molecule has 1 N–H and O–H groups in total. The maximum atomic E-state index is 13.5. The first-order chi connectivity index (χ1) is 10.1. The Kier molecular flexibility index (Phi) is 5.31. The van der Waals surface area contributed by atoms with Crippen molar-refractivity contribution in [3.05, 3.63) is 63.6 Å². The van der Waals surface area contributed by atoms with Crippen LogP contribution in [-0.4, -0.2) is 13.7 Å². The Morgan fingerprint density at radius 1 is 1.14 bits per heavy atom. The third-order valence-corrected chi connectivity index (χ3v) is 3.64. The van der Waals surface area contributed by atoms with Gasteiger partial charge >= 0.3 is 0 Å². The lowest BCUT2D eigenvalue weighted by Gasteiger charge is -2.21. The van der Waals surface area contributed by atoms with Gasteiger partial charge in [-0.25, -0.2) is 8.78 Å². The summed E-state index contributed by atoms with van der Waals surface area (Å²) >= 11 is 3.43. The molecule has 0 saturated carbocycles. The van der Waals surface area contributed by atoms with Crippen molar-refractivity contribution < 1.29 is 13.5 Å². The standard InChI is InChI=1S/C16H16BrF2NO/c1-3-21-15-7-5-11(17)9-12(15)16(20-2)10-4-6-13(18)14(19)8-10/h4-9,16,20H,3H2,1-2H3. The van der Waals surface area contributed by atoms with Gasteiger partial charge in [-0.05, 0) is 49.9 Å². The van der Waals surface area contributed by atoms with Crippen LogP contribution >= 0.6 is 15.9 Å². The van der Waals surface area contributed by atoms with Crippen LogP contribution in [-0.2, 0) is 0 Å². The minimum Gasteiger partial charge on any atom is -0.494 e. The topological polar surface area (TPSA) is 21.3 Å². The second-order valence-electron chi connectivity index (χ2n) is 4.51. The molecule has 5 heteroatoms. The van der Waals surface area contributed by atoms with Crippen molar-refractivity contribution >= 4 is 15.9 Å². The molecule has 0 amide bonds. The van der Waals surface area contributed by atoms with Gasteiger partial charge in [0, 0.05) is 10.0 Å². The fourth-order valence-corrected chi connectivity index (χ4v) is 2.60. The van der Waals surface area contributed by atoms with E-state index in [1.54, 1.807) is 13.1 Å². The van der Waals surface area contributed by atoms with Crippen LogP contribution in [0.2, 0.25) is 0 Å². The summed E-state index contributed by atoms with van der Waals surface area (Å²) in [6.45, 7) is 2.43. The molecule has 2 nitrogen and oxygen atoms in total. The van der Waals surface area contributed by atoms with Crippen LogP contribution in [0, 0.1) is 11.6 Å². The van der Waals surface area contributed by atoms with Crippen LogP contribution in [0.4, 0.5) is 8.78 Å². The zero-order chi connectivity index (χ0) is 15.4. The molecule has 1 unspecified atom stereocenters. The van der Waals surface area contributed by atoms with Gasteiger partial charge in [-0.3, -0.25) is 0 Å². The van der Waals surface area contributed by atoms with Crippen molar-refractivity contribution in [3.63, 3.8) is 0 Å². The number of nitrogens with one attached hydrogen (secondary N) is 1. The molecule has 0 radical (unpaired) electrons. The first kappa shape index (κ1) is 15.9. The van der Waals surface area contributed by atoms with E-state index in [1.165, 1.54) is 6.07 Å². The van der Waals surface area contributed by atoms with Gasteiger partial charge in [0.05, 0.1) is 12.6 Å². The summed E-state index contributed by atoms with van der Waals surface area (Å²) in [6, 6.07) is 9.25. The van der Waals surface area contributed by atoms with E-state index in [1.807, 2.05) is 25.1 Å². The second kappa shape index (κ2) is 7.00. The number of ether oxygens (including phenoxy) is 1. The number of benzene rings is 2. The molecule has 1 atom stereocenters. The predicted molar refractivity (Wildman–Crippen MR) is 82.6 cm³/mol. The van der Waals surface area contributed by atoms with Crippen molar-refractivity contribution in [1.82, 2.24) is 5.32 Å². The highest BCUT2D eigenvalue weighted by Gasteiger charge is 2.18. The summed E-state index contributed by atoms with van der Waals surface area (Å²) < 4.78 is 33.1. The zero-order valence-electron chi connectivity index (χ0n) is 11.8. The van der Waals surface area contributed by atoms with E-state index in [0.29, 0.717) is 17.9 Å². The van der Waals surface area contributed by atoms with Crippen molar-refractivity contribution in [1.29, 1.82) is 0 Å². The van der Waals surface area contributed by atoms with Gasteiger partial charge in [0.15, 0.2) is 11.6 Å². The zero-order valence-corrected chi connectivity index (χ0v) is 13.4. The molecule has 2 rings (SSSR count). The Morgan fingerprint density at radius 3 is 2.52 bits per heavy atom. The third kappa shape index (κ3) is 3.60. The maximum Gasteiger partial charge on any atom is 0.159 e. The lowest BCUT2D eigenvalue weighted by molar-refractivity contribution is 0.334. The lowest BCUT2D eigenvalue weighted by Crippen LogP contribution is -2.19. The first-order valence-electron chi connectivity index (χ1n) is 6.61. The molecule has 0 heterocycles. The molecular weight excluding hydrogens is 340 g/mol. The SMILES string of the molecule is CCOc1ccc(Br)cc1C(NC)c1ccc(F)c(F)c1. The first-order valence-corrected chi connectivity index (χ1v) is 7.40. The molecule has 0 saturated heterocycles. The number of hydrogen-bond acceptors (Lipinski definition) is 2. The van der Waals surface area contributed by atoms with Crippen LogP contribution in [0.25, 0.3) is 0 Å². The van der Waals surface area contributed by atoms with E-state index in [9.17, 15) is 8.78 Å². The van der Waals surface area contributed by atoms with Gasteiger partial charge in [0.25, 0.3) is 0 Å². The predicted octanol–water partition coefficient (Wildman–Crippen LogP) is 4.43. The summed E-state index contributed by atoms with van der Waals surface area (Å²) in [6.07, 6.45) is 0. The van der Waals surface area contributed by atoms with Gasteiger partial charge in [-0.2, -0.15) is 0 Å². The summed E-state index contributed by atoms with van der Waals surface area (Å²) in [5, 5.41) is 3.12. The molecule has 0 bridgehead atoms. The smallest absolute Gasteiger partial charge is 0.159 e. The van der Waals surface area contributed by atoms with Crippen LogP contribution in [0.3, 0.4) is 0 Å². The van der Waals surface area contributed by atoms with Crippen molar-refractivity contribution in [2.45, 2.75) is 13.0 Å². The largest absolute Gasteiger partial charge is 0.494 e. The van der Waals surface area contributed by atoms with Crippen molar-refractivity contribution in [2.75, 3.05) is 13.7 Å². The molecule has 0 spiro atoms. The summed E-state index contributed by atoms with van der Waals surface area (Å²) in [4.78, 5) is 0. The fraction of sp³-hybridized carbons (Fsp3) is 0.250. The van der Waals surface area contributed by atoms with E-state index >= 15 is 0 Å². The number of halogens is 3. The van der Waals surface area contributed by atoms with Crippen LogP contribution < -0.4 is 10.1 Å². The Balaban J connectivity index is 2.49. The Hall–Kier alpha value is -1.46. The van der Waals surface area contributed by atoms with Crippen LogP contribution in [0.15, 0.2) is 40.9 Å². The molecule has 112 valence electrons. The fourth-order valence-electron chi connectivity index (χ4n) is 2.23. The average molecular weight is 356 g/mol. The van der Waals surface area contributed by atoms with Gasteiger partial charge in [-0.1, -0.05) is 22.0 Å². The Bertz CT molecular complexity index is 634. The average Bonchev–Trinajstić information content (AvgIpc) is 2.46. The highest BCUT2D eigenvalue weighted by Crippen LogP contribution is 2.33. The van der Waals surface area contributed by atoms with Gasteiger partial charge in [-0.15, -0.1) is 0 Å². The van der Waals surface area contributed by atoms with Crippen LogP contribution in [0.5, 0.6) is 5.75 Å². The monoisotopic (exact) mass is 355 g/mol. The third-order valence-electron chi connectivity index (χ3n) is 3.15. The van der Waals surface area contributed by atoms with E-state index < -0.39 is 11.6 Å². The van der Waals surface area contributed by atoms with E-state index in [-0.39, 0.29) is 6.04 Å². The van der Waals surface area contributed by atoms with E-state index in [4.69, 9.17) is 4.74 Å². The molecule has 0 aliphatic heterocycles. The molecule has 0 fully saturated rings. The minimum absolute atomic E-state index is 0.292. The van der Waals surface area contributed by atoms with Crippen molar-refractivity contribution in [2.24, 2.45) is 0 Å². The molecule has 0 aromatic heterocycles.